The minimum Gasteiger partial charge on any atom is -0.397 e. The van der Waals surface area contributed by atoms with Crippen LogP contribution in [0.2, 0.25) is 5.02 Å². The molecule has 1 fully saturated rings. The van der Waals surface area contributed by atoms with Crippen molar-refractivity contribution in [1.29, 1.82) is 0 Å². The van der Waals surface area contributed by atoms with Crippen molar-refractivity contribution < 1.29 is 4.79 Å². The number of hydrogen-bond donors (Lipinski definition) is 3. The number of rotatable bonds is 6. The first-order valence-electron chi connectivity index (χ1n) is 10.1. The summed E-state index contributed by atoms with van der Waals surface area (Å²) >= 11 is 7.88. The molecule has 8 heteroatoms. The molecule has 4 rings (SSSR count). The smallest absolute Gasteiger partial charge is 0.263 e. The molecule has 0 unspecified atom stereocenters. The van der Waals surface area contributed by atoms with E-state index in [1.54, 1.807) is 0 Å². The Balaban J connectivity index is 1.37. The Morgan fingerprint density at radius 2 is 2.20 bits per heavy atom. The first-order valence-corrected chi connectivity index (χ1v) is 11.3. The van der Waals surface area contributed by atoms with Crippen LogP contribution in [-0.2, 0) is 6.42 Å². The number of anilines is 2. The van der Waals surface area contributed by atoms with Crippen molar-refractivity contribution in [3.8, 4) is 0 Å². The lowest BCUT2D eigenvalue weighted by molar-refractivity contribution is 0.0959. The van der Waals surface area contributed by atoms with Crippen molar-refractivity contribution in [2.24, 2.45) is 0 Å². The minimum absolute atomic E-state index is 0.161. The van der Waals surface area contributed by atoms with Gasteiger partial charge in [0, 0.05) is 36.8 Å². The van der Waals surface area contributed by atoms with Crippen LogP contribution in [0.4, 0.5) is 11.4 Å². The number of halogens is 1. The van der Waals surface area contributed by atoms with Gasteiger partial charge in [0.2, 0.25) is 0 Å². The second kappa shape index (κ2) is 8.79. The van der Waals surface area contributed by atoms with E-state index in [1.165, 1.54) is 11.3 Å². The summed E-state index contributed by atoms with van der Waals surface area (Å²) in [5.74, 6) is -0.161. The number of amides is 1. The summed E-state index contributed by atoms with van der Waals surface area (Å²) in [6.45, 7) is 4.41. The van der Waals surface area contributed by atoms with Gasteiger partial charge in [0.05, 0.1) is 16.4 Å². The molecule has 3 aromatic rings. The number of carbonyl (C=O) groups is 1. The zero-order valence-electron chi connectivity index (χ0n) is 17.2. The molecule has 6 nitrogen and oxygen atoms in total. The van der Waals surface area contributed by atoms with Crippen LogP contribution >= 0.6 is 22.9 Å². The number of aryl methyl sites for hydroxylation is 1. The molecule has 158 valence electrons. The average molecular weight is 444 g/mol. The Morgan fingerprint density at radius 3 is 2.93 bits per heavy atom. The first-order chi connectivity index (χ1) is 14.5. The molecule has 1 aromatic carbocycles. The monoisotopic (exact) mass is 443 g/mol. The van der Waals surface area contributed by atoms with Gasteiger partial charge in [-0.15, -0.1) is 11.3 Å². The van der Waals surface area contributed by atoms with E-state index in [2.05, 4.69) is 32.7 Å². The van der Waals surface area contributed by atoms with Crippen LogP contribution in [0, 0.1) is 6.92 Å². The summed E-state index contributed by atoms with van der Waals surface area (Å²) in [5, 5.41) is 7.88. The van der Waals surface area contributed by atoms with Crippen LogP contribution in [0.5, 0.6) is 0 Å². The molecule has 4 N–H and O–H groups in total. The number of nitrogens with one attached hydrogen (secondary N) is 2. The van der Waals surface area contributed by atoms with Gasteiger partial charge in [-0.3, -0.25) is 4.79 Å². The number of fused-ring (bicyclic) bond motifs is 1. The lowest BCUT2D eigenvalue weighted by atomic mass is 10.1. The maximum absolute atomic E-state index is 12.6. The molecule has 1 saturated heterocycles. The van der Waals surface area contributed by atoms with E-state index in [1.807, 2.05) is 32.2 Å². The predicted molar refractivity (Wildman–Crippen MR) is 126 cm³/mol. The molecule has 0 aliphatic carbocycles. The molecular formula is C22H26ClN5OS. The van der Waals surface area contributed by atoms with E-state index in [4.69, 9.17) is 17.3 Å². The van der Waals surface area contributed by atoms with Gasteiger partial charge < -0.3 is 21.3 Å². The van der Waals surface area contributed by atoms with E-state index < -0.39 is 0 Å². The average Bonchev–Trinajstić information content (AvgIpc) is 3.32. The second-order valence-electron chi connectivity index (χ2n) is 7.66. The number of carbonyl (C=O) groups excluding carboxylic acids is 1. The fourth-order valence-corrected chi connectivity index (χ4v) is 5.21. The number of aromatic nitrogens is 1. The minimum atomic E-state index is -0.161. The largest absolute Gasteiger partial charge is 0.397 e. The van der Waals surface area contributed by atoms with E-state index in [-0.39, 0.29) is 5.91 Å². The molecule has 0 bridgehead atoms. The number of hydrogen-bond acceptors (Lipinski definition) is 6. The lowest BCUT2D eigenvalue weighted by Gasteiger charge is -2.20. The standard InChI is InChI=1S/C22H26ClN5OS/c1-13-3-5-16-19(24)20(30-22(16)27-13)21(29)26-9-7-14-4-6-18(17(23)11-14)28-10-8-15(12-28)25-2/h3-6,11,15,25H,7-10,12,24H2,1-2H3,(H,26,29)/t15-/m0/s1. The van der Waals surface area contributed by atoms with Crippen LogP contribution in [0.3, 0.4) is 0 Å². The molecule has 1 aliphatic heterocycles. The van der Waals surface area contributed by atoms with E-state index in [0.717, 1.165) is 51.7 Å². The zero-order valence-corrected chi connectivity index (χ0v) is 18.7. The number of nitrogens with two attached hydrogens (primary N) is 1. The quantitative estimate of drug-likeness (QED) is 0.542. The SMILES string of the molecule is CN[C@H]1CCN(c2ccc(CCNC(=O)c3sc4nc(C)ccc4c3N)cc2Cl)C1. The third-order valence-corrected chi connectivity index (χ3v) is 7.00. The summed E-state index contributed by atoms with van der Waals surface area (Å²) in [7, 11) is 2.00. The Kier molecular flexibility index (Phi) is 6.13. The molecular weight excluding hydrogens is 418 g/mol. The third kappa shape index (κ3) is 4.24. The zero-order chi connectivity index (χ0) is 21.3. The highest BCUT2D eigenvalue weighted by molar-refractivity contribution is 7.21. The Morgan fingerprint density at radius 1 is 1.37 bits per heavy atom. The Hall–Kier alpha value is -2.35. The van der Waals surface area contributed by atoms with E-state index in [9.17, 15) is 4.79 Å². The number of thiophene rings is 1. The molecule has 0 saturated carbocycles. The van der Waals surface area contributed by atoms with Gasteiger partial charge in [-0.2, -0.15) is 0 Å². The number of likely N-dealkylation sites (N-methyl/N-ethyl adjacent to an activating group) is 1. The number of nitrogens with zero attached hydrogens (tertiary/aromatic N) is 2. The summed E-state index contributed by atoms with van der Waals surface area (Å²) in [6, 6.07) is 10.5. The molecule has 1 atom stereocenters. The fraction of sp³-hybridized carbons (Fsp3) is 0.364. The van der Waals surface area contributed by atoms with E-state index in [0.29, 0.717) is 29.6 Å². The van der Waals surface area contributed by atoms with Crippen molar-refractivity contribution in [2.45, 2.75) is 25.8 Å². The molecule has 0 spiro atoms. The summed E-state index contributed by atoms with van der Waals surface area (Å²) in [5.41, 5.74) is 9.74. The van der Waals surface area contributed by atoms with Gasteiger partial charge in [-0.05, 0) is 56.6 Å². The topological polar surface area (TPSA) is 83.3 Å². The van der Waals surface area contributed by atoms with Crippen molar-refractivity contribution in [2.75, 3.05) is 37.3 Å². The van der Waals surface area contributed by atoms with Gasteiger partial charge in [-0.1, -0.05) is 17.7 Å². The highest BCUT2D eigenvalue weighted by Gasteiger charge is 2.23. The summed E-state index contributed by atoms with van der Waals surface area (Å²) in [4.78, 5) is 20.7. The number of pyridine rings is 1. The fourth-order valence-electron chi connectivity index (χ4n) is 3.84. The van der Waals surface area contributed by atoms with Crippen molar-refractivity contribution >= 4 is 50.4 Å². The molecule has 3 heterocycles. The molecule has 1 amide bonds. The van der Waals surface area contributed by atoms with Gasteiger partial charge in [0.1, 0.15) is 9.71 Å². The molecule has 0 radical (unpaired) electrons. The van der Waals surface area contributed by atoms with Crippen LogP contribution in [0.1, 0.15) is 27.3 Å². The highest BCUT2D eigenvalue weighted by atomic mass is 35.5. The van der Waals surface area contributed by atoms with Crippen LogP contribution in [0.15, 0.2) is 30.3 Å². The van der Waals surface area contributed by atoms with Crippen LogP contribution in [-0.4, -0.2) is 43.6 Å². The maximum Gasteiger partial charge on any atom is 0.263 e. The van der Waals surface area contributed by atoms with Gasteiger partial charge in [-0.25, -0.2) is 4.98 Å². The normalized spacial score (nSPS) is 16.4. The van der Waals surface area contributed by atoms with Crippen LogP contribution in [0.25, 0.3) is 10.2 Å². The maximum atomic E-state index is 12.6. The highest BCUT2D eigenvalue weighted by Crippen LogP contribution is 2.32. The summed E-state index contributed by atoms with van der Waals surface area (Å²) < 4.78 is 0. The second-order valence-corrected chi connectivity index (χ2v) is 9.07. The molecule has 30 heavy (non-hydrogen) atoms. The first kappa shape index (κ1) is 20.9. The van der Waals surface area contributed by atoms with Gasteiger partial charge >= 0.3 is 0 Å². The van der Waals surface area contributed by atoms with Crippen molar-refractivity contribution in [1.82, 2.24) is 15.6 Å². The number of benzene rings is 1. The number of nitrogen functional groups attached to an aromatic ring is 1. The van der Waals surface area contributed by atoms with E-state index >= 15 is 0 Å². The Labute approximate surface area is 185 Å². The van der Waals surface area contributed by atoms with Crippen molar-refractivity contribution in [3.05, 3.63) is 51.5 Å². The molecule has 1 aliphatic rings. The van der Waals surface area contributed by atoms with Gasteiger partial charge in [0.15, 0.2) is 0 Å². The summed E-state index contributed by atoms with van der Waals surface area (Å²) in [6.07, 6.45) is 1.82. The van der Waals surface area contributed by atoms with Crippen molar-refractivity contribution in [3.63, 3.8) is 0 Å². The molecule has 2 aromatic heterocycles. The Bertz CT molecular complexity index is 1080. The third-order valence-electron chi connectivity index (χ3n) is 5.59. The van der Waals surface area contributed by atoms with Crippen LogP contribution < -0.4 is 21.3 Å². The van der Waals surface area contributed by atoms with Gasteiger partial charge in [0.25, 0.3) is 5.91 Å². The lowest BCUT2D eigenvalue weighted by Crippen LogP contribution is -2.29. The predicted octanol–water partition coefficient (Wildman–Crippen LogP) is 3.61.